The zero-order chi connectivity index (χ0) is 11.1. The molecule has 0 radical (unpaired) electrons. The fourth-order valence-electron chi connectivity index (χ4n) is 2.16. The second-order valence-corrected chi connectivity index (χ2v) is 4.61. The normalized spacial score (nSPS) is 21.6. The molecule has 1 fully saturated rings. The van der Waals surface area contributed by atoms with Gasteiger partial charge in [-0.25, -0.2) is 0 Å². The van der Waals surface area contributed by atoms with Crippen molar-refractivity contribution in [3.05, 3.63) is 0 Å². The fraction of sp³-hybridized carbons (Fsp3) is 1.00. The molecule has 1 saturated heterocycles. The first-order valence-electron chi connectivity index (χ1n) is 6.28. The van der Waals surface area contributed by atoms with E-state index in [0.717, 1.165) is 32.8 Å². The molecule has 1 rings (SSSR count). The van der Waals surface area contributed by atoms with Crippen LogP contribution in [0.4, 0.5) is 0 Å². The Bertz CT molecular complexity index is 154. The Balaban J connectivity index is 2.44. The zero-order valence-electron chi connectivity index (χ0n) is 10.5. The molecule has 0 aromatic heterocycles. The first-order valence-corrected chi connectivity index (χ1v) is 6.28. The van der Waals surface area contributed by atoms with E-state index in [9.17, 15) is 0 Å². The Morgan fingerprint density at radius 3 is 2.73 bits per heavy atom. The first-order chi connectivity index (χ1) is 7.25. The highest BCUT2D eigenvalue weighted by Gasteiger charge is 2.22. The molecule has 0 amide bonds. The van der Waals surface area contributed by atoms with Crippen LogP contribution in [0.15, 0.2) is 0 Å². The minimum absolute atomic E-state index is 0.588. The molecule has 3 heteroatoms. The van der Waals surface area contributed by atoms with Gasteiger partial charge in [0.15, 0.2) is 0 Å². The van der Waals surface area contributed by atoms with Crippen molar-refractivity contribution in [3.8, 4) is 0 Å². The fourth-order valence-corrected chi connectivity index (χ4v) is 2.16. The number of rotatable bonds is 5. The predicted molar refractivity (Wildman–Crippen MR) is 64.2 cm³/mol. The van der Waals surface area contributed by atoms with Crippen LogP contribution in [0, 0.1) is 5.92 Å². The zero-order valence-corrected chi connectivity index (χ0v) is 10.5. The lowest BCUT2D eigenvalue weighted by atomic mass is 10.0. The van der Waals surface area contributed by atoms with E-state index >= 15 is 0 Å². The van der Waals surface area contributed by atoms with Crippen molar-refractivity contribution in [2.75, 3.05) is 39.4 Å². The van der Waals surface area contributed by atoms with E-state index in [-0.39, 0.29) is 0 Å². The van der Waals surface area contributed by atoms with E-state index in [1.54, 1.807) is 0 Å². The standard InChI is InChI=1S/C12H26N2O/c1-4-15-10-12(11(2)3)14-8-5-6-13-7-9-14/h11-13H,4-10H2,1-3H3. The summed E-state index contributed by atoms with van der Waals surface area (Å²) in [6.45, 7) is 13.0. The average molecular weight is 214 g/mol. The SMILES string of the molecule is CCOCC(C(C)C)N1CCCNCC1. The molecule has 0 aromatic rings. The van der Waals surface area contributed by atoms with Gasteiger partial charge in [-0.05, 0) is 32.4 Å². The maximum atomic E-state index is 5.59. The Morgan fingerprint density at radius 1 is 1.27 bits per heavy atom. The average Bonchev–Trinajstić information content (AvgIpc) is 2.47. The quantitative estimate of drug-likeness (QED) is 0.747. The van der Waals surface area contributed by atoms with Gasteiger partial charge < -0.3 is 10.1 Å². The second-order valence-electron chi connectivity index (χ2n) is 4.61. The summed E-state index contributed by atoms with van der Waals surface area (Å²) in [5.41, 5.74) is 0. The van der Waals surface area contributed by atoms with Gasteiger partial charge in [0.05, 0.1) is 6.61 Å². The minimum atomic E-state index is 0.588. The molecule has 1 unspecified atom stereocenters. The van der Waals surface area contributed by atoms with Crippen LogP contribution in [0.3, 0.4) is 0 Å². The topological polar surface area (TPSA) is 24.5 Å². The molecular formula is C12H26N2O. The third-order valence-corrected chi connectivity index (χ3v) is 3.11. The van der Waals surface area contributed by atoms with Crippen molar-refractivity contribution in [2.24, 2.45) is 5.92 Å². The largest absolute Gasteiger partial charge is 0.380 e. The van der Waals surface area contributed by atoms with Crippen molar-refractivity contribution in [1.82, 2.24) is 10.2 Å². The van der Waals surface area contributed by atoms with Crippen molar-refractivity contribution in [3.63, 3.8) is 0 Å². The van der Waals surface area contributed by atoms with Gasteiger partial charge in [-0.3, -0.25) is 4.90 Å². The van der Waals surface area contributed by atoms with Crippen LogP contribution in [0.5, 0.6) is 0 Å². The Labute approximate surface area is 94.2 Å². The summed E-state index contributed by atoms with van der Waals surface area (Å²) in [5, 5.41) is 3.44. The smallest absolute Gasteiger partial charge is 0.0624 e. The maximum absolute atomic E-state index is 5.59. The van der Waals surface area contributed by atoms with Crippen molar-refractivity contribution < 1.29 is 4.74 Å². The molecule has 0 aromatic carbocycles. The third kappa shape index (κ3) is 4.49. The van der Waals surface area contributed by atoms with Crippen molar-refractivity contribution >= 4 is 0 Å². The third-order valence-electron chi connectivity index (χ3n) is 3.11. The number of nitrogens with one attached hydrogen (secondary N) is 1. The lowest BCUT2D eigenvalue weighted by Gasteiger charge is -2.33. The lowest BCUT2D eigenvalue weighted by Crippen LogP contribution is -2.44. The molecule has 1 aliphatic rings. The minimum Gasteiger partial charge on any atom is -0.380 e. The summed E-state index contributed by atoms with van der Waals surface area (Å²) in [6.07, 6.45) is 1.26. The molecule has 0 saturated carbocycles. The van der Waals surface area contributed by atoms with E-state index in [2.05, 4.69) is 31.0 Å². The number of hydrogen-bond donors (Lipinski definition) is 1. The molecular weight excluding hydrogens is 188 g/mol. The summed E-state index contributed by atoms with van der Waals surface area (Å²) in [4.78, 5) is 2.58. The van der Waals surface area contributed by atoms with Gasteiger partial charge in [0.1, 0.15) is 0 Å². The van der Waals surface area contributed by atoms with Crippen molar-refractivity contribution in [2.45, 2.75) is 33.2 Å². The molecule has 0 bridgehead atoms. The van der Waals surface area contributed by atoms with E-state index < -0.39 is 0 Å². The van der Waals surface area contributed by atoms with Gasteiger partial charge in [-0.2, -0.15) is 0 Å². The number of hydrogen-bond acceptors (Lipinski definition) is 3. The maximum Gasteiger partial charge on any atom is 0.0624 e. The highest BCUT2D eigenvalue weighted by Crippen LogP contribution is 2.12. The van der Waals surface area contributed by atoms with E-state index in [4.69, 9.17) is 4.74 Å². The second kappa shape index (κ2) is 7.20. The number of ether oxygens (including phenoxy) is 1. The lowest BCUT2D eigenvalue weighted by molar-refractivity contribution is 0.0472. The summed E-state index contributed by atoms with van der Waals surface area (Å²) >= 11 is 0. The molecule has 1 aliphatic heterocycles. The molecule has 0 spiro atoms. The van der Waals surface area contributed by atoms with Gasteiger partial charge in [-0.15, -0.1) is 0 Å². The van der Waals surface area contributed by atoms with E-state index in [1.165, 1.54) is 13.0 Å². The summed E-state index contributed by atoms with van der Waals surface area (Å²) < 4.78 is 5.59. The summed E-state index contributed by atoms with van der Waals surface area (Å²) in [6, 6.07) is 0.588. The van der Waals surface area contributed by atoms with Gasteiger partial charge >= 0.3 is 0 Å². The van der Waals surface area contributed by atoms with Crippen LogP contribution in [0.25, 0.3) is 0 Å². The Kier molecular flexibility index (Phi) is 6.22. The number of nitrogens with zero attached hydrogens (tertiary/aromatic N) is 1. The van der Waals surface area contributed by atoms with Crippen molar-refractivity contribution in [1.29, 1.82) is 0 Å². The predicted octanol–water partition coefficient (Wildman–Crippen LogP) is 1.34. The van der Waals surface area contributed by atoms with Crippen LogP contribution < -0.4 is 5.32 Å². The van der Waals surface area contributed by atoms with Crippen LogP contribution in [0.2, 0.25) is 0 Å². The molecule has 0 aliphatic carbocycles. The molecule has 1 N–H and O–H groups in total. The van der Waals surface area contributed by atoms with E-state index in [1.807, 2.05) is 0 Å². The van der Waals surface area contributed by atoms with Crippen LogP contribution >= 0.6 is 0 Å². The van der Waals surface area contributed by atoms with Crippen LogP contribution in [0.1, 0.15) is 27.2 Å². The molecule has 1 heterocycles. The van der Waals surface area contributed by atoms with Crippen LogP contribution in [-0.2, 0) is 4.74 Å². The molecule has 15 heavy (non-hydrogen) atoms. The van der Waals surface area contributed by atoms with Gasteiger partial charge in [0.25, 0.3) is 0 Å². The van der Waals surface area contributed by atoms with Gasteiger partial charge in [0, 0.05) is 25.7 Å². The monoisotopic (exact) mass is 214 g/mol. The molecule has 1 atom stereocenters. The van der Waals surface area contributed by atoms with Crippen LogP contribution in [-0.4, -0.2) is 50.3 Å². The highest BCUT2D eigenvalue weighted by molar-refractivity contribution is 4.77. The van der Waals surface area contributed by atoms with Gasteiger partial charge in [0.2, 0.25) is 0 Å². The van der Waals surface area contributed by atoms with Gasteiger partial charge in [-0.1, -0.05) is 13.8 Å². The summed E-state index contributed by atoms with van der Waals surface area (Å²) in [5.74, 6) is 0.676. The summed E-state index contributed by atoms with van der Waals surface area (Å²) in [7, 11) is 0. The Hall–Kier alpha value is -0.120. The highest BCUT2D eigenvalue weighted by atomic mass is 16.5. The molecule has 3 nitrogen and oxygen atoms in total. The first kappa shape index (κ1) is 12.9. The van der Waals surface area contributed by atoms with E-state index in [0.29, 0.717) is 12.0 Å². The Morgan fingerprint density at radius 2 is 2.07 bits per heavy atom. The molecule has 90 valence electrons.